The molecule has 0 unspecified atom stereocenters. The van der Waals surface area contributed by atoms with Gasteiger partial charge in [0.1, 0.15) is 5.01 Å². The summed E-state index contributed by atoms with van der Waals surface area (Å²) in [5, 5.41) is 10.4. The molecule has 3 heterocycles. The van der Waals surface area contributed by atoms with Crippen LogP contribution in [0, 0.1) is 6.92 Å². The number of aryl methyl sites for hydroxylation is 1. The summed E-state index contributed by atoms with van der Waals surface area (Å²) in [4.78, 5) is 21.2. The van der Waals surface area contributed by atoms with Gasteiger partial charge < -0.3 is 5.32 Å². The summed E-state index contributed by atoms with van der Waals surface area (Å²) in [6.07, 6.45) is -1.43. The third-order valence-corrected chi connectivity index (χ3v) is 5.51. The Balaban J connectivity index is 1.62. The van der Waals surface area contributed by atoms with E-state index in [1.54, 1.807) is 17.8 Å². The molecule has 0 saturated carbocycles. The van der Waals surface area contributed by atoms with Gasteiger partial charge in [-0.05, 0) is 31.2 Å². The quantitative estimate of drug-likeness (QED) is 0.464. The van der Waals surface area contributed by atoms with Crippen LogP contribution < -0.4 is 5.32 Å². The number of halogens is 4. The zero-order valence-corrected chi connectivity index (χ0v) is 16.9. The summed E-state index contributed by atoms with van der Waals surface area (Å²) in [7, 11) is 0. The van der Waals surface area contributed by atoms with Gasteiger partial charge in [0.25, 0.3) is 5.91 Å². The molecule has 1 amide bonds. The fourth-order valence-electron chi connectivity index (χ4n) is 2.94. The van der Waals surface area contributed by atoms with E-state index < -0.39 is 17.6 Å². The van der Waals surface area contributed by atoms with Crippen molar-refractivity contribution in [3.63, 3.8) is 0 Å². The number of nitrogens with one attached hydrogen (secondary N) is 1. The van der Waals surface area contributed by atoms with Crippen LogP contribution in [-0.4, -0.2) is 25.7 Å². The molecule has 0 bridgehead atoms. The van der Waals surface area contributed by atoms with Crippen molar-refractivity contribution in [1.29, 1.82) is 0 Å². The fourth-order valence-corrected chi connectivity index (χ4v) is 3.90. The molecule has 4 rings (SSSR count). The van der Waals surface area contributed by atoms with Crippen molar-refractivity contribution in [3.05, 3.63) is 68.9 Å². The molecule has 154 valence electrons. The largest absolute Gasteiger partial charge is 0.416 e. The van der Waals surface area contributed by atoms with Crippen molar-refractivity contribution in [3.8, 4) is 0 Å². The minimum Gasteiger partial charge on any atom is -0.322 e. The van der Waals surface area contributed by atoms with Gasteiger partial charge in [0, 0.05) is 23.5 Å². The molecule has 0 aliphatic carbocycles. The summed E-state index contributed by atoms with van der Waals surface area (Å²) in [5.74, 6) is -0.582. The number of anilines is 1. The lowest BCUT2D eigenvalue weighted by Gasteiger charge is -2.10. The van der Waals surface area contributed by atoms with Crippen molar-refractivity contribution < 1.29 is 18.0 Å². The maximum atomic E-state index is 12.7. The first-order chi connectivity index (χ1) is 14.2. The number of carbonyl (C=O) groups excluding carboxylic acids is 1. The van der Waals surface area contributed by atoms with Gasteiger partial charge in [0.2, 0.25) is 0 Å². The molecule has 0 saturated heterocycles. The zero-order chi connectivity index (χ0) is 21.5. The van der Waals surface area contributed by atoms with Crippen LogP contribution in [0.3, 0.4) is 0 Å². The molecule has 0 aliphatic heterocycles. The molecule has 4 aromatic rings. The van der Waals surface area contributed by atoms with Gasteiger partial charge in [-0.1, -0.05) is 11.6 Å². The number of hydrogen-bond acceptors (Lipinski definition) is 5. The number of benzene rings is 1. The molecule has 0 radical (unpaired) electrons. The molecule has 1 N–H and O–H groups in total. The van der Waals surface area contributed by atoms with Crippen LogP contribution >= 0.6 is 22.9 Å². The molecule has 11 heteroatoms. The number of rotatable bonds is 4. The highest BCUT2D eigenvalue weighted by Gasteiger charge is 2.30. The molecule has 1 aromatic carbocycles. The highest BCUT2D eigenvalue weighted by atomic mass is 35.5. The Hall–Kier alpha value is -2.98. The number of fused-ring (bicyclic) bond motifs is 1. The monoisotopic (exact) mass is 451 g/mol. The van der Waals surface area contributed by atoms with Gasteiger partial charge in [-0.25, -0.2) is 14.6 Å². The van der Waals surface area contributed by atoms with E-state index in [9.17, 15) is 18.0 Å². The molecule has 0 fully saturated rings. The Morgan fingerprint density at radius 2 is 1.97 bits per heavy atom. The topological polar surface area (TPSA) is 72.7 Å². The van der Waals surface area contributed by atoms with Crippen LogP contribution in [0.15, 0.2) is 42.0 Å². The minimum absolute atomic E-state index is 0.0981. The van der Waals surface area contributed by atoms with Crippen molar-refractivity contribution in [1.82, 2.24) is 19.7 Å². The molecular formula is C19H13ClF3N5OS. The third-order valence-electron chi connectivity index (χ3n) is 4.36. The number of thiazole rings is 1. The molecule has 0 aliphatic rings. The number of alkyl halides is 3. The number of pyridine rings is 1. The molecule has 3 aromatic heterocycles. The number of hydrogen-bond donors (Lipinski definition) is 1. The van der Waals surface area contributed by atoms with Gasteiger partial charge in [0.15, 0.2) is 5.65 Å². The van der Waals surface area contributed by atoms with Crippen LogP contribution in [-0.2, 0) is 12.7 Å². The summed E-state index contributed by atoms with van der Waals surface area (Å²) in [5.41, 5.74) is 0.619. The molecule has 30 heavy (non-hydrogen) atoms. The maximum Gasteiger partial charge on any atom is 0.416 e. The molecule has 0 atom stereocenters. The lowest BCUT2D eigenvalue weighted by molar-refractivity contribution is -0.137. The van der Waals surface area contributed by atoms with E-state index in [0.29, 0.717) is 23.3 Å². The summed E-state index contributed by atoms with van der Waals surface area (Å²) in [6, 6.07) is 4.15. The Kier molecular flexibility index (Phi) is 5.20. The maximum absolute atomic E-state index is 12.7. The molecular weight excluding hydrogens is 439 g/mol. The van der Waals surface area contributed by atoms with Gasteiger partial charge in [-0.3, -0.25) is 4.79 Å². The van der Waals surface area contributed by atoms with Gasteiger partial charge in [0.05, 0.1) is 33.8 Å². The number of carbonyl (C=O) groups is 1. The van der Waals surface area contributed by atoms with E-state index in [2.05, 4.69) is 20.4 Å². The van der Waals surface area contributed by atoms with Gasteiger partial charge in [-0.2, -0.15) is 18.3 Å². The van der Waals surface area contributed by atoms with E-state index in [1.807, 2.05) is 5.38 Å². The first kappa shape index (κ1) is 20.3. The Labute approximate surface area is 177 Å². The Morgan fingerprint density at radius 1 is 1.23 bits per heavy atom. The second-order valence-electron chi connectivity index (χ2n) is 6.38. The fraction of sp³-hybridized carbons (Fsp3) is 0.158. The normalized spacial score (nSPS) is 11.8. The van der Waals surface area contributed by atoms with Crippen molar-refractivity contribution in [2.24, 2.45) is 0 Å². The first-order valence-electron chi connectivity index (χ1n) is 8.62. The van der Waals surface area contributed by atoms with E-state index >= 15 is 0 Å². The summed E-state index contributed by atoms with van der Waals surface area (Å²) < 4.78 is 39.7. The van der Waals surface area contributed by atoms with Crippen LogP contribution in [0.25, 0.3) is 11.0 Å². The third kappa shape index (κ3) is 3.88. The van der Waals surface area contributed by atoms with E-state index in [0.717, 1.165) is 17.1 Å². The number of amides is 1. The Morgan fingerprint density at radius 3 is 2.60 bits per heavy atom. The second-order valence-corrected chi connectivity index (χ2v) is 7.74. The predicted octanol–water partition coefficient (Wildman–Crippen LogP) is 5.17. The van der Waals surface area contributed by atoms with E-state index in [4.69, 9.17) is 11.6 Å². The lowest BCUT2D eigenvalue weighted by Crippen LogP contribution is -2.14. The lowest BCUT2D eigenvalue weighted by atomic mass is 10.1. The van der Waals surface area contributed by atoms with Crippen molar-refractivity contribution >= 4 is 45.6 Å². The van der Waals surface area contributed by atoms with Crippen LogP contribution in [0.5, 0.6) is 0 Å². The summed E-state index contributed by atoms with van der Waals surface area (Å²) in [6.45, 7) is 2.17. The van der Waals surface area contributed by atoms with Crippen LogP contribution in [0.1, 0.15) is 26.6 Å². The SMILES string of the molecule is Cc1nn(Cc2nccs2)c2ncc(C(=O)Nc3ccc(C(F)(F)F)cc3)c(Cl)c12. The highest BCUT2D eigenvalue weighted by Crippen LogP contribution is 2.31. The zero-order valence-electron chi connectivity index (χ0n) is 15.4. The second kappa shape index (κ2) is 7.69. The van der Waals surface area contributed by atoms with Crippen molar-refractivity contribution in [2.45, 2.75) is 19.6 Å². The minimum atomic E-state index is -4.45. The number of aromatic nitrogens is 4. The average molecular weight is 452 g/mol. The van der Waals surface area contributed by atoms with Crippen LogP contribution in [0.2, 0.25) is 5.02 Å². The smallest absolute Gasteiger partial charge is 0.322 e. The van der Waals surface area contributed by atoms with E-state index in [-0.39, 0.29) is 16.3 Å². The van der Waals surface area contributed by atoms with Crippen molar-refractivity contribution in [2.75, 3.05) is 5.32 Å². The van der Waals surface area contributed by atoms with Gasteiger partial charge in [-0.15, -0.1) is 11.3 Å². The summed E-state index contributed by atoms with van der Waals surface area (Å²) >= 11 is 7.96. The first-order valence-corrected chi connectivity index (χ1v) is 9.88. The van der Waals surface area contributed by atoms with Gasteiger partial charge >= 0.3 is 6.18 Å². The van der Waals surface area contributed by atoms with E-state index in [1.165, 1.54) is 29.7 Å². The standard InChI is InChI=1S/C19H13ClF3N5OS/c1-10-15-16(20)13(8-25-17(15)28(27-10)9-14-24-6-7-30-14)18(29)26-12-4-2-11(3-5-12)19(21,22)23/h2-8H,9H2,1H3,(H,26,29). The predicted molar refractivity (Wildman–Crippen MR) is 108 cm³/mol. The molecule has 6 nitrogen and oxygen atoms in total. The average Bonchev–Trinajstić information content (AvgIpc) is 3.30. The van der Waals surface area contributed by atoms with Crippen LogP contribution in [0.4, 0.5) is 18.9 Å². The molecule has 0 spiro atoms. The Bertz CT molecular complexity index is 1220. The highest BCUT2D eigenvalue weighted by molar-refractivity contribution is 7.09. The number of nitrogens with zero attached hydrogens (tertiary/aromatic N) is 4.